The second-order valence-corrected chi connectivity index (χ2v) is 7.21. The lowest BCUT2D eigenvalue weighted by atomic mass is 10.1. The first-order valence-electron chi connectivity index (χ1n) is 7.52. The first kappa shape index (κ1) is 23.6. The van der Waals surface area contributed by atoms with Gasteiger partial charge >= 0.3 is 6.18 Å². The fourth-order valence-corrected chi connectivity index (χ4v) is 3.55. The van der Waals surface area contributed by atoms with E-state index >= 15 is 0 Å². The Morgan fingerprint density at radius 3 is 2.58 bits per heavy atom. The van der Waals surface area contributed by atoms with Gasteiger partial charge in [0.2, 0.25) is 5.91 Å². The van der Waals surface area contributed by atoms with E-state index in [0.717, 1.165) is 25.9 Å². The summed E-state index contributed by atoms with van der Waals surface area (Å²) in [5.74, 6) is 1.44. The molecule has 142 valence electrons. The number of thioether (sulfide) groups is 1. The van der Waals surface area contributed by atoms with Crippen LogP contribution in [0.1, 0.15) is 13.8 Å². The topological polar surface area (TPSA) is 47.9 Å². The van der Waals surface area contributed by atoms with Gasteiger partial charge in [-0.25, -0.2) is 0 Å². The number of aliphatic imine (C=N–C) groups is 1. The molecule has 1 aliphatic heterocycles. The summed E-state index contributed by atoms with van der Waals surface area (Å²) in [5.41, 5.74) is 0. The Bertz CT molecular complexity index is 435. The summed E-state index contributed by atoms with van der Waals surface area (Å²) in [7, 11) is 2.75. The predicted molar refractivity (Wildman–Crippen MR) is 103 cm³/mol. The molecular weight excluding hydrogens is 456 g/mol. The highest BCUT2D eigenvalue weighted by molar-refractivity contribution is 14.0. The molecule has 5 nitrogen and oxygen atoms in total. The van der Waals surface area contributed by atoms with E-state index in [4.69, 9.17) is 0 Å². The monoisotopic (exact) mass is 482 g/mol. The number of hydrogen-bond donors (Lipinski definition) is 1. The van der Waals surface area contributed by atoms with Crippen LogP contribution in [-0.2, 0) is 4.79 Å². The Hall–Kier alpha value is -0.390. The van der Waals surface area contributed by atoms with E-state index in [1.165, 1.54) is 0 Å². The second-order valence-electron chi connectivity index (χ2n) is 5.87. The Balaban J connectivity index is 0.00000529. The molecule has 0 aromatic carbocycles. The van der Waals surface area contributed by atoms with Crippen molar-refractivity contribution in [2.75, 3.05) is 46.0 Å². The van der Waals surface area contributed by atoms with Crippen molar-refractivity contribution in [1.82, 2.24) is 15.1 Å². The Labute approximate surface area is 162 Å². The van der Waals surface area contributed by atoms with Crippen LogP contribution in [0.2, 0.25) is 0 Å². The average Bonchev–Trinajstić information content (AvgIpc) is 2.46. The maximum absolute atomic E-state index is 12.3. The number of nitrogens with one attached hydrogen (secondary N) is 1. The molecule has 24 heavy (non-hydrogen) atoms. The molecule has 1 heterocycles. The number of likely N-dealkylation sites (N-methyl/N-ethyl adjacent to an activating group) is 1. The molecule has 0 aromatic heterocycles. The first-order valence-corrected chi connectivity index (χ1v) is 8.57. The van der Waals surface area contributed by atoms with Crippen LogP contribution in [-0.4, -0.2) is 79.1 Å². The van der Waals surface area contributed by atoms with Crippen LogP contribution in [0, 0.1) is 5.92 Å². The molecule has 1 amide bonds. The van der Waals surface area contributed by atoms with Crippen molar-refractivity contribution >= 4 is 47.6 Å². The smallest absolute Gasteiger partial charge is 0.347 e. The third-order valence-electron chi connectivity index (χ3n) is 3.59. The largest absolute Gasteiger partial charge is 0.406 e. The Morgan fingerprint density at radius 1 is 1.46 bits per heavy atom. The maximum Gasteiger partial charge on any atom is 0.406 e. The minimum absolute atomic E-state index is 0. The van der Waals surface area contributed by atoms with E-state index in [1.54, 1.807) is 7.05 Å². The summed E-state index contributed by atoms with van der Waals surface area (Å²) in [6, 6.07) is 0. The number of rotatable bonds is 4. The zero-order valence-corrected chi connectivity index (χ0v) is 17.5. The molecule has 1 atom stereocenters. The van der Waals surface area contributed by atoms with Gasteiger partial charge in [-0.1, -0.05) is 13.8 Å². The van der Waals surface area contributed by atoms with Gasteiger partial charge < -0.3 is 15.1 Å². The Morgan fingerprint density at radius 2 is 2.08 bits per heavy atom. The van der Waals surface area contributed by atoms with Gasteiger partial charge in [-0.2, -0.15) is 24.9 Å². The van der Waals surface area contributed by atoms with E-state index in [9.17, 15) is 18.0 Å². The summed E-state index contributed by atoms with van der Waals surface area (Å²) in [5, 5.41) is 3.35. The van der Waals surface area contributed by atoms with Crippen LogP contribution < -0.4 is 5.32 Å². The molecule has 0 aliphatic carbocycles. The molecule has 1 aliphatic rings. The molecule has 0 radical (unpaired) electrons. The summed E-state index contributed by atoms with van der Waals surface area (Å²) in [6.07, 6.45) is -4.39. The predicted octanol–water partition coefficient (Wildman–Crippen LogP) is 2.27. The van der Waals surface area contributed by atoms with Crippen LogP contribution in [0.15, 0.2) is 4.99 Å². The molecule has 1 N–H and O–H groups in total. The van der Waals surface area contributed by atoms with Crippen LogP contribution >= 0.6 is 35.7 Å². The highest BCUT2D eigenvalue weighted by Gasteiger charge is 2.31. The van der Waals surface area contributed by atoms with E-state index in [1.807, 2.05) is 11.8 Å². The van der Waals surface area contributed by atoms with Gasteiger partial charge in [0.25, 0.3) is 0 Å². The molecule has 0 bridgehead atoms. The van der Waals surface area contributed by atoms with Crippen molar-refractivity contribution in [3.05, 3.63) is 0 Å². The maximum atomic E-state index is 12.3. The molecule has 0 saturated carbocycles. The zero-order chi connectivity index (χ0) is 17.6. The van der Waals surface area contributed by atoms with Crippen LogP contribution in [0.25, 0.3) is 0 Å². The number of hydrogen-bond acceptors (Lipinski definition) is 3. The van der Waals surface area contributed by atoms with E-state index < -0.39 is 18.6 Å². The highest BCUT2D eigenvalue weighted by atomic mass is 127. The third-order valence-corrected chi connectivity index (χ3v) is 5.13. The summed E-state index contributed by atoms with van der Waals surface area (Å²) >= 11 is 1.91. The lowest BCUT2D eigenvalue weighted by Crippen LogP contribution is -2.51. The van der Waals surface area contributed by atoms with Crippen molar-refractivity contribution in [3.8, 4) is 0 Å². The molecule has 1 rings (SSSR count). The van der Waals surface area contributed by atoms with Gasteiger partial charge in [0, 0.05) is 38.2 Å². The number of nitrogens with zero attached hydrogens (tertiary/aromatic N) is 3. The van der Waals surface area contributed by atoms with E-state index in [-0.39, 0.29) is 30.5 Å². The molecule has 0 aromatic rings. The molecule has 10 heteroatoms. The number of halogens is 4. The number of carbonyl (C=O) groups excluding carboxylic acids is 1. The standard InChI is InChI=1S/C14H25F3N4OS.HI/c1-10(2)11-8-21(5-6-23-11)13(18-3)19-7-12(22)20(4)9-14(15,16)17;/h10-11H,5-9H2,1-4H3,(H,18,19);1H. The molecule has 0 spiro atoms. The van der Waals surface area contributed by atoms with Crippen molar-refractivity contribution in [2.24, 2.45) is 10.9 Å². The second kappa shape index (κ2) is 10.6. The SMILES string of the molecule is CN=C(NCC(=O)N(C)CC(F)(F)F)N1CCSC(C(C)C)C1.I. The summed E-state index contributed by atoms with van der Waals surface area (Å²) in [6.45, 7) is 4.49. The fourth-order valence-electron chi connectivity index (χ4n) is 2.25. The number of amides is 1. The first-order chi connectivity index (χ1) is 10.6. The van der Waals surface area contributed by atoms with Gasteiger partial charge in [-0.15, -0.1) is 24.0 Å². The lowest BCUT2D eigenvalue weighted by Gasteiger charge is -2.36. The number of guanidine groups is 1. The summed E-state index contributed by atoms with van der Waals surface area (Å²) < 4.78 is 36.9. The molecular formula is C14H26F3IN4OS. The van der Waals surface area contributed by atoms with E-state index in [2.05, 4.69) is 29.1 Å². The minimum Gasteiger partial charge on any atom is -0.347 e. The van der Waals surface area contributed by atoms with Gasteiger partial charge in [0.05, 0.1) is 6.54 Å². The van der Waals surface area contributed by atoms with E-state index in [0.29, 0.717) is 22.0 Å². The molecule has 1 unspecified atom stereocenters. The quantitative estimate of drug-likeness (QED) is 0.380. The third kappa shape index (κ3) is 8.13. The molecule has 1 saturated heterocycles. The van der Waals surface area contributed by atoms with Crippen LogP contribution in [0.3, 0.4) is 0 Å². The van der Waals surface area contributed by atoms with Crippen molar-refractivity contribution in [1.29, 1.82) is 0 Å². The number of alkyl halides is 3. The molecule has 1 fully saturated rings. The van der Waals surface area contributed by atoms with Crippen LogP contribution in [0.4, 0.5) is 13.2 Å². The Kier molecular flexibility index (Phi) is 10.4. The van der Waals surface area contributed by atoms with Crippen LogP contribution in [0.5, 0.6) is 0 Å². The zero-order valence-electron chi connectivity index (χ0n) is 14.4. The van der Waals surface area contributed by atoms with Gasteiger partial charge in [0.15, 0.2) is 5.96 Å². The van der Waals surface area contributed by atoms with Crippen molar-refractivity contribution in [3.63, 3.8) is 0 Å². The normalized spacial score (nSPS) is 19.1. The fraction of sp³-hybridized carbons (Fsp3) is 0.857. The number of carbonyl (C=O) groups is 1. The van der Waals surface area contributed by atoms with Gasteiger partial charge in [-0.05, 0) is 5.92 Å². The van der Waals surface area contributed by atoms with Crippen molar-refractivity contribution < 1.29 is 18.0 Å². The lowest BCUT2D eigenvalue weighted by molar-refractivity contribution is -0.157. The average molecular weight is 482 g/mol. The van der Waals surface area contributed by atoms with Gasteiger partial charge in [-0.3, -0.25) is 9.79 Å². The van der Waals surface area contributed by atoms with Crippen molar-refractivity contribution in [2.45, 2.75) is 25.3 Å². The minimum atomic E-state index is -4.39. The van der Waals surface area contributed by atoms with Gasteiger partial charge in [0.1, 0.15) is 6.54 Å². The summed E-state index contributed by atoms with van der Waals surface area (Å²) in [4.78, 5) is 18.6. The highest BCUT2D eigenvalue weighted by Crippen LogP contribution is 2.24.